The third kappa shape index (κ3) is 2.84. The van der Waals surface area contributed by atoms with Crippen molar-refractivity contribution < 1.29 is 9.59 Å². The minimum absolute atomic E-state index is 0.107. The van der Waals surface area contributed by atoms with Crippen LogP contribution in [0.5, 0.6) is 0 Å². The number of hydrogen-bond acceptors (Lipinski definition) is 2. The molecule has 1 N–H and O–H groups in total. The van der Waals surface area contributed by atoms with E-state index in [1.54, 1.807) is 0 Å². The Balaban J connectivity index is 2.08. The van der Waals surface area contributed by atoms with Gasteiger partial charge in [0.05, 0.1) is 0 Å². The molecule has 3 amide bonds. The van der Waals surface area contributed by atoms with Gasteiger partial charge in [-0.25, -0.2) is 4.79 Å². The number of imide groups is 1. The Bertz CT molecular complexity index is 508. The molecule has 0 aliphatic carbocycles. The van der Waals surface area contributed by atoms with Crippen molar-refractivity contribution in [1.82, 2.24) is 10.2 Å². The summed E-state index contributed by atoms with van der Waals surface area (Å²) >= 11 is 0. The summed E-state index contributed by atoms with van der Waals surface area (Å²) in [5, 5.41) is 2.76. The van der Waals surface area contributed by atoms with E-state index in [0.717, 1.165) is 5.56 Å². The van der Waals surface area contributed by atoms with Gasteiger partial charge in [0.25, 0.3) is 5.91 Å². The van der Waals surface area contributed by atoms with Crippen molar-refractivity contribution in [2.75, 3.05) is 6.54 Å². The number of hydrogen-bond donors (Lipinski definition) is 1. The largest absolute Gasteiger partial charge is 0.326 e. The molecule has 1 heterocycles. The van der Waals surface area contributed by atoms with E-state index in [-0.39, 0.29) is 29.8 Å². The molecule has 0 aromatic heterocycles. The molecule has 20 heavy (non-hydrogen) atoms. The van der Waals surface area contributed by atoms with Crippen LogP contribution in [0.2, 0.25) is 0 Å². The average molecular weight is 274 g/mol. The van der Waals surface area contributed by atoms with Gasteiger partial charge in [-0.3, -0.25) is 9.69 Å². The summed E-state index contributed by atoms with van der Waals surface area (Å²) < 4.78 is 0. The average Bonchev–Trinajstić information content (AvgIpc) is 2.67. The molecule has 0 bridgehead atoms. The number of amides is 3. The van der Waals surface area contributed by atoms with Crippen molar-refractivity contribution in [2.24, 2.45) is 5.92 Å². The van der Waals surface area contributed by atoms with Gasteiger partial charge in [0.15, 0.2) is 0 Å². The van der Waals surface area contributed by atoms with Gasteiger partial charge >= 0.3 is 6.03 Å². The standard InChI is InChI=1S/C16H22N2O2/c1-10(2)14-15(19)18(16(20)17-14)9-12(4)13-7-5-11(3)6-8-13/h5-8,10,12,14H,9H2,1-4H3,(H,17,20)/t12-,14+/m1/s1. The van der Waals surface area contributed by atoms with E-state index in [1.807, 2.05) is 27.7 Å². The van der Waals surface area contributed by atoms with Crippen LogP contribution in [0.3, 0.4) is 0 Å². The fraction of sp³-hybridized carbons (Fsp3) is 0.500. The van der Waals surface area contributed by atoms with E-state index in [0.29, 0.717) is 6.54 Å². The Morgan fingerprint density at radius 3 is 2.25 bits per heavy atom. The highest BCUT2D eigenvalue weighted by atomic mass is 16.2. The molecule has 108 valence electrons. The van der Waals surface area contributed by atoms with E-state index >= 15 is 0 Å². The van der Waals surface area contributed by atoms with Crippen LogP contribution in [0.1, 0.15) is 37.8 Å². The first-order chi connectivity index (χ1) is 9.40. The van der Waals surface area contributed by atoms with Gasteiger partial charge < -0.3 is 5.32 Å². The molecule has 1 aromatic rings. The molecule has 0 unspecified atom stereocenters. The van der Waals surface area contributed by atoms with E-state index < -0.39 is 0 Å². The van der Waals surface area contributed by atoms with Crippen molar-refractivity contribution in [3.8, 4) is 0 Å². The third-order valence-electron chi connectivity index (χ3n) is 3.83. The summed E-state index contributed by atoms with van der Waals surface area (Å²) in [6.45, 7) is 8.38. The highest BCUT2D eigenvalue weighted by Crippen LogP contribution is 2.21. The molecule has 0 radical (unpaired) electrons. The van der Waals surface area contributed by atoms with Crippen LogP contribution in [-0.2, 0) is 4.79 Å². The number of nitrogens with one attached hydrogen (secondary N) is 1. The minimum atomic E-state index is -0.382. The maximum atomic E-state index is 12.2. The molecular weight excluding hydrogens is 252 g/mol. The maximum absolute atomic E-state index is 12.2. The highest BCUT2D eigenvalue weighted by molar-refractivity contribution is 6.04. The number of carbonyl (C=O) groups is 2. The zero-order valence-electron chi connectivity index (χ0n) is 12.5. The summed E-state index contributed by atoms with van der Waals surface area (Å²) in [5.41, 5.74) is 2.35. The Kier molecular flexibility index (Phi) is 4.12. The molecule has 0 saturated carbocycles. The number of urea groups is 1. The first-order valence-electron chi connectivity index (χ1n) is 7.08. The first-order valence-corrected chi connectivity index (χ1v) is 7.08. The summed E-state index contributed by atoms with van der Waals surface area (Å²) in [7, 11) is 0. The van der Waals surface area contributed by atoms with Gasteiger partial charge in [0.2, 0.25) is 0 Å². The second kappa shape index (κ2) is 5.65. The second-order valence-corrected chi connectivity index (χ2v) is 5.93. The minimum Gasteiger partial charge on any atom is -0.326 e. The number of benzene rings is 1. The van der Waals surface area contributed by atoms with Crippen molar-refractivity contribution in [3.05, 3.63) is 35.4 Å². The predicted molar refractivity (Wildman–Crippen MR) is 78.5 cm³/mol. The van der Waals surface area contributed by atoms with Crippen LogP contribution < -0.4 is 5.32 Å². The summed E-state index contributed by atoms with van der Waals surface area (Å²) in [5.74, 6) is 0.145. The van der Waals surface area contributed by atoms with Crippen molar-refractivity contribution in [1.29, 1.82) is 0 Å². The molecule has 4 heteroatoms. The predicted octanol–water partition coefficient (Wildman–Crippen LogP) is 2.67. The number of aryl methyl sites for hydroxylation is 1. The summed E-state index contributed by atoms with van der Waals surface area (Å²) in [6.07, 6.45) is 0. The van der Waals surface area contributed by atoms with Gasteiger partial charge in [-0.05, 0) is 24.3 Å². The van der Waals surface area contributed by atoms with Gasteiger partial charge in [-0.15, -0.1) is 0 Å². The molecule has 1 saturated heterocycles. The van der Waals surface area contributed by atoms with E-state index in [4.69, 9.17) is 0 Å². The van der Waals surface area contributed by atoms with Gasteiger partial charge in [-0.1, -0.05) is 50.6 Å². The fourth-order valence-electron chi connectivity index (χ4n) is 2.44. The monoisotopic (exact) mass is 274 g/mol. The smallest absolute Gasteiger partial charge is 0.324 e. The fourth-order valence-corrected chi connectivity index (χ4v) is 2.44. The molecule has 1 fully saturated rings. The van der Waals surface area contributed by atoms with E-state index in [1.165, 1.54) is 10.5 Å². The Morgan fingerprint density at radius 1 is 1.15 bits per heavy atom. The lowest BCUT2D eigenvalue weighted by atomic mass is 9.99. The third-order valence-corrected chi connectivity index (χ3v) is 3.83. The van der Waals surface area contributed by atoms with Crippen LogP contribution >= 0.6 is 0 Å². The topological polar surface area (TPSA) is 49.4 Å². The summed E-state index contributed by atoms with van der Waals surface area (Å²) in [4.78, 5) is 25.5. The summed E-state index contributed by atoms with van der Waals surface area (Å²) in [6, 6.07) is 7.56. The molecule has 4 nitrogen and oxygen atoms in total. The van der Waals surface area contributed by atoms with Gasteiger partial charge in [0.1, 0.15) is 6.04 Å². The maximum Gasteiger partial charge on any atom is 0.324 e. The number of rotatable bonds is 4. The molecule has 1 aromatic carbocycles. The lowest BCUT2D eigenvalue weighted by Crippen LogP contribution is -2.36. The highest BCUT2D eigenvalue weighted by Gasteiger charge is 2.39. The molecule has 1 aliphatic heterocycles. The molecule has 2 rings (SSSR count). The van der Waals surface area contributed by atoms with Gasteiger partial charge in [-0.2, -0.15) is 0 Å². The van der Waals surface area contributed by atoms with Crippen LogP contribution in [0.15, 0.2) is 24.3 Å². The van der Waals surface area contributed by atoms with Gasteiger partial charge in [0, 0.05) is 6.54 Å². The quantitative estimate of drug-likeness (QED) is 0.858. The zero-order chi connectivity index (χ0) is 14.9. The Labute approximate surface area is 120 Å². The van der Waals surface area contributed by atoms with E-state index in [2.05, 4.69) is 29.6 Å². The lowest BCUT2D eigenvalue weighted by Gasteiger charge is -2.19. The van der Waals surface area contributed by atoms with Crippen molar-refractivity contribution in [3.63, 3.8) is 0 Å². The van der Waals surface area contributed by atoms with Crippen LogP contribution in [0.4, 0.5) is 4.79 Å². The normalized spacial score (nSPS) is 20.4. The van der Waals surface area contributed by atoms with Crippen LogP contribution in [0, 0.1) is 12.8 Å². The first kappa shape index (κ1) is 14.6. The van der Waals surface area contributed by atoms with Crippen molar-refractivity contribution in [2.45, 2.75) is 39.7 Å². The SMILES string of the molecule is Cc1ccc([C@H](C)CN2C(=O)N[C@@H](C(C)C)C2=O)cc1. The Morgan fingerprint density at radius 2 is 1.75 bits per heavy atom. The van der Waals surface area contributed by atoms with Crippen LogP contribution in [0.25, 0.3) is 0 Å². The second-order valence-electron chi connectivity index (χ2n) is 5.93. The molecule has 0 spiro atoms. The number of nitrogens with zero attached hydrogens (tertiary/aromatic N) is 1. The molecule has 2 atom stereocenters. The van der Waals surface area contributed by atoms with E-state index in [9.17, 15) is 9.59 Å². The lowest BCUT2D eigenvalue weighted by molar-refractivity contribution is -0.128. The van der Waals surface area contributed by atoms with Crippen molar-refractivity contribution >= 4 is 11.9 Å². The molecular formula is C16H22N2O2. The van der Waals surface area contributed by atoms with Crippen LogP contribution in [-0.4, -0.2) is 29.4 Å². The zero-order valence-corrected chi connectivity index (χ0v) is 12.5. The molecule has 1 aliphatic rings. The Hall–Kier alpha value is -1.84. The number of carbonyl (C=O) groups excluding carboxylic acids is 2.